The number of carbonyl (C=O) groups excluding carboxylic acids is 1. The van der Waals surface area contributed by atoms with E-state index < -0.39 is 15.9 Å². The largest absolute Gasteiger partial charge is 0.493 e. The number of ether oxygens (including phenoxy) is 4. The number of benzene rings is 2. The summed E-state index contributed by atoms with van der Waals surface area (Å²) in [6, 6.07) is 9.66. The molecule has 0 aliphatic carbocycles. The molecule has 0 aliphatic heterocycles. The number of carbonyl (C=O) groups is 1. The molecule has 0 aliphatic rings. The lowest BCUT2D eigenvalue weighted by Crippen LogP contribution is -2.37. The van der Waals surface area contributed by atoms with Crippen LogP contribution in [-0.2, 0) is 21.2 Å². The van der Waals surface area contributed by atoms with Gasteiger partial charge in [-0.2, -0.15) is 0 Å². The summed E-state index contributed by atoms with van der Waals surface area (Å²) in [5.74, 6) is 1.46. The first kappa shape index (κ1) is 23.3. The van der Waals surface area contributed by atoms with Crippen LogP contribution in [-0.4, -0.2) is 55.9 Å². The molecule has 164 valence electrons. The van der Waals surface area contributed by atoms with Crippen molar-refractivity contribution >= 4 is 15.9 Å². The topological polar surface area (TPSA) is 112 Å². The molecule has 0 unspecified atom stereocenters. The second-order valence-corrected chi connectivity index (χ2v) is 7.90. The van der Waals surface area contributed by atoms with Gasteiger partial charge in [0.15, 0.2) is 23.0 Å². The third kappa shape index (κ3) is 6.01. The molecule has 0 radical (unpaired) electrons. The SMILES string of the molecule is COc1ccc(CCNC(=O)CNS(=O)(=O)c2ccc(OC)c(OC)c2)cc1OC. The van der Waals surface area contributed by atoms with Crippen LogP contribution in [0.5, 0.6) is 23.0 Å². The molecule has 0 fully saturated rings. The Hall–Kier alpha value is -2.98. The summed E-state index contributed by atoms with van der Waals surface area (Å²) in [6.07, 6.45) is 0.550. The van der Waals surface area contributed by atoms with Crippen LogP contribution >= 0.6 is 0 Å². The van der Waals surface area contributed by atoms with Crippen LogP contribution in [0, 0.1) is 0 Å². The number of hydrogen-bond donors (Lipinski definition) is 2. The van der Waals surface area contributed by atoms with E-state index in [1.807, 2.05) is 12.1 Å². The van der Waals surface area contributed by atoms with Crippen molar-refractivity contribution in [2.24, 2.45) is 0 Å². The van der Waals surface area contributed by atoms with Crippen molar-refractivity contribution < 1.29 is 32.2 Å². The molecule has 0 heterocycles. The first-order valence-electron chi connectivity index (χ1n) is 9.04. The minimum Gasteiger partial charge on any atom is -0.493 e. The fraction of sp³-hybridized carbons (Fsp3) is 0.350. The van der Waals surface area contributed by atoms with E-state index in [2.05, 4.69) is 10.0 Å². The molecular weight excluding hydrogens is 412 g/mol. The molecule has 2 aromatic carbocycles. The van der Waals surface area contributed by atoms with Crippen molar-refractivity contribution in [1.82, 2.24) is 10.0 Å². The van der Waals surface area contributed by atoms with Crippen LogP contribution in [0.3, 0.4) is 0 Å². The standard InChI is InChI=1S/C20H26N2O7S/c1-26-16-7-5-14(11-18(16)28-3)9-10-21-20(23)13-22-30(24,25)15-6-8-17(27-2)19(12-15)29-4/h5-8,11-12,22H,9-10,13H2,1-4H3,(H,21,23). The van der Waals surface area contributed by atoms with Gasteiger partial charge in [-0.25, -0.2) is 13.1 Å². The van der Waals surface area contributed by atoms with Crippen molar-refractivity contribution in [2.75, 3.05) is 41.5 Å². The third-order valence-corrected chi connectivity index (χ3v) is 5.67. The van der Waals surface area contributed by atoms with Crippen molar-refractivity contribution in [3.05, 3.63) is 42.0 Å². The maximum atomic E-state index is 12.4. The zero-order valence-corrected chi connectivity index (χ0v) is 18.2. The van der Waals surface area contributed by atoms with Crippen LogP contribution in [0.4, 0.5) is 0 Å². The predicted octanol–water partition coefficient (Wildman–Crippen LogP) is 1.36. The molecule has 0 saturated carbocycles. The van der Waals surface area contributed by atoms with E-state index in [9.17, 15) is 13.2 Å². The first-order chi connectivity index (χ1) is 14.3. The van der Waals surface area contributed by atoms with E-state index in [0.717, 1.165) is 5.56 Å². The Labute approximate surface area is 176 Å². The molecule has 9 nitrogen and oxygen atoms in total. The van der Waals surface area contributed by atoms with E-state index in [1.165, 1.54) is 32.4 Å². The highest BCUT2D eigenvalue weighted by Gasteiger charge is 2.18. The molecule has 0 saturated heterocycles. The van der Waals surface area contributed by atoms with Gasteiger partial charge in [-0.05, 0) is 36.2 Å². The van der Waals surface area contributed by atoms with Gasteiger partial charge in [0.05, 0.1) is 39.9 Å². The van der Waals surface area contributed by atoms with Gasteiger partial charge < -0.3 is 24.3 Å². The normalized spacial score (nSPS) is 10.9. The Morgan fingerprint density at radius 1 is 0.833 bits per heavy atom. The predicted molar refractivity (Wildman–Crippen MR) is 111 cm³/mol. The number of hydrogen-bond acceptors (Lipinski definition) is 7. The second kappa shape index (κ2) is 10.7. The molecule has 30 heavy (non-hydrogen) atoms. The van der Waals surface area contributed by atoms with Crippen molar-refractivity contribution in [1.29, 1.82) is 0 Å². The summed E-state index contributed by atoms with van der Waals surface area (Å²) < 4.78 is 47.7. The third-order valence-electron chi connectivity index (χ3n) is 4.27. The van der Waals surface area contributed by atoms with Crippen LogP contribution in [0.25, 0.3) is 0 Å². The Bertz CT molecular complexity index is 977. The minimum absolute atomic E-state index is 0.0294. The monoisotopic (exact) mass is 438 g/mol. The molecular formula is C20H26N2O7S. The number of rotatable bonds is 11. The van der Waals surface area contributed by atoms with Gasteiger partial charge in [0, 0.05) is 12.6 Å². The molecule has 1 amide bonds. The second-order valence-electron chi connectivity index (χ2n) is 6.13. The lowest BCUT2D eigenvalue weighted by Gasteiger charge is -2.12. The van der Waals surface area contributed by atoms with E-state index in [4.69, 9.17) is 18.9 Å². The summed E-state index contributed by atoms with van der Waals surface area (Å²) in [4.78, 5) is 12.0. The fourth-order valence-electron chi connectivity index (χ4n) is 2.67. The zero-order valence-electron chi connectivity index (χ0n) is 17.4. The maximum Gasteiger partial charge on any atom is 0.241 e. The van der Waals surface area contributed by atoms with E-state index >= 15 is 0 Å². The van der Waals surface area contributed by atoms with Gasteiger partial charge in [0.25, 0.3) is 0 Å². The van der Waals surface area contributed by atoms with Gasteiger partial charge in [-0.3, -0.25) is 4.79 Å². The molecule has 0 aromatic heterocycles. The highest BCUT2D eigenvalue weighted by atomic mass is 32.2. The average Bonchev–Trinajstić information content (AvgIpc) is 2.77. The summed E-state index contributed by atoms with van der Waals surface area (Å²) in [5.41, 5.74) is 0.943. The highest BCUT2D eigenvalue weighted by molar-refractivity contribution is 7.89. The van der Waals surface area contributed by atoms with E-state index in [0.29, 0.717) is 30.2 Å². The Kier molecular flexibility index (Phi) is 8.31. The van der Waals surface area contributed by atoms with E-state index in [-0.39, 0.29) is 17.2 Å². The Balaban J connectivity index is 1.88. The minimum atomic E-state index is -3.88. The lowest BCUT2D eigenvalue weighted by molar-refractivity contribution is -0.119. The summed E-state index contributed by atoms with van der Waals surface area (Å²) in [5, 5.41) is 2.68. The first-order valence-corrected chi connectivity index (χ1v) is 10.5. The smallest absolute Gasteiger partial charge is 0.241 e. The molecule has 2 rings (SSSR count). The van der Waals surface area contributed by atoms with Crippen LogP contribution < -0.4 is 29.0 Å². The van der Waals surface area contributed by atoms with Crippen LogP contribution in [0.15, 0.2) is 41.3 Å². The summed E-state index contributed by atoms with van der Waals surface area (Å²) in [6.45, 7) is -0.0466. The van der Waals surface area contributed by atoms with Crippen LogP contribution in [0.2, 0.25) is 0 Å². The Morgan fingerprint density at radius 3 is 2.00 bits per heavy atom. The van der Waals surface area contributed by atoms with Gasteiger partial charge in [0.2, 0.25) is 15.9 Å². The van der Waals surface area contributed by atoms with Gasteiger partial charge in [-0.1, -0.05) is 6.07 Å². The number of sulfonamides is 1. The molecule has 2 N–H and O–H groups in total. The maximum absolute atomic E-state index is 12.4. The molecule has 10 heteroatoms. The van der Waals surface area contributed by atoms with Crippen LogP contribution in [0.1, 0.15) is 5.56 Å². The molecule has 0 spiro atoms. The lowest BCUT2D eigenvalue weighted by atomic mass is 10.1. The van der Waals surface area contributed by atoms with Crippen molar-refractivity contribution in [3.8, 4) is 23.0 Å². The zero-order chi connectivity index (χ0) is 22.1. The molecule has 0 bridgehead atoms. The quantitative estimate of drug-likeness (QED) is 0.545. The highest BCUT2D eigenvalue weighted by Crippen LogP contribution is 2.29. The number of nitrogens with one attached hydrogen (secondary N) is 2. The van der Waals surface area contributed by atoms with Gasteiger partial charge in [-0.15, -0.1) is 0 Å². The van der Waals surface area contributed by atoms with Crippen molar-refractivity contribution in [2.45, 2.75) is 11.3 Å². The fourth-order valence-corrected chi connectivity index (χ4v) is 3.67. The molecule has 0 atom stereocenters. The van der Waals surface area contributed by atoms with E-state index in [1.54, 1.807) is 20.3 Å². The number of methoxy groups -OCH3 is 4. The average molecular weight is 439 g/mol. The number of amides is 1. The molecule has 2 aromatic rings. The Morgan fingerprint density at radius 2 is 1.40 bits per heavy atom. The summed E-state index contributed by atoms with van der Waals surface area (Å²) >= 11 is 0. The van der Waals surface area contributed by atoms with Crippen molar-refractivity contribution in [3.63, 3.8) is 0 Å². The summed E-state index contributed by atoms with van der Waals surface area (Å²) in [7, 11) is 2.09. The van der Waals surface area contributed by atoms with Gasteiger partial charge >= 0.3 is 0 Å². The van der Waals surface area contributed by atoms with Gasteiger partial charge in [0.1, 0.15) is 0 Å².